The average molecular weight is 342 g/mol. The van der Waals surface area contributed by atoms with E-state index in [0.29, 0.717) is 5.75 Å². The Morgan fingerprint density at radius 2 is 1.60 bits per heavy atom. The second kappa shape index (κ2) is 6.27. The van der Waals surface area contributed by atoms with Gasteiger partial charge in [0.1, 0.15) is 28.2 Å². The van der Waals surface area contributed by atoms with Crippen LogP contribution >= 0.6 is 0 Å². The Balaban J connectivity index is 2.21. The van der Waals surface area contributed by atoms with Crippen LogP contribution in [-0.4, -0.2) is 32.9 Å². The topological polar surface area (TPSA) is 92.0 Å². The van der Waals surface area contributed by atoms with Crippen molar-refractivity contribution in [1.29, 1.82) is 0 Å². The van der Waals surface area contributed by atoms with Crippen LogP contribution in [0.3, 0.4) is 0 Å². The lowest BCUT2D eigenvalue weighted by Crippen LogP contribution is -2.15. The molecule has 0 unspecified atom stereocenters. The lowest BCUT2D eigenvalue weighted by atomic mass is 9.99. The van der Waals surface area contributed by atoms with Gasteiger partial charge in [0.05, 0.1) is 26.9 Å². The number of methoxy groups -OCH3 is 3. The van der Waals surface area contributed by atoms with Gasteiger partial charge >= 0.3 is 0 Å². The van der Waals surface area contributed by atoms with Gasteiger partial charge in [0.15, 0.2) is 17.0 Å². The van der Waals surface area contributed by atoms with Crippen molar-refractivity contribution in [3.8, 4) is 11.5 Å². The van der Waals surface area contributed by atoms with E-state index in [1.165, 1.54) is 27.4 Å². The smallest absolute Gasteiger partial charge is 0.221 e. The van der Waals surface area contributed by atoms with Crippen LogP contribution in [0, 0.1) is 0 Å². The Bertz CT molecular complexity index is 1010. The Hall–Kier alpha value is -3.35. The lowest BCUT2D eigenvalue weighted by Gasteiger charge is -2.12. The molecule has 0 aliphatic heterocycles. The number of ketones is 2. The van der Waals surface area contributed by atoms with Crippen LogP contribution in [0.2, 0.25) is 0 Å². The van der Waals surface area contributed by atoms with E-state index in [1.54, 1.807) is 6.07 Å². The summed E-state index contributed by atoms with van der Waals surface area (Å²) in [6.07, 6.45) is 2.15. The zero-order valence-electron chi connectivity index (χ0n) is 13.7. The minimum Gasteiger partial charge on any atom is -0.496 e. The van der Waals surface area contributed by atoms with Crippen molar-refractivity contribution in [3.05, 3.63) is 52.1 Å². The summed E-state index contributed by atoms with van der Waals surface area (Å²) < 4.78 is 20.9. The number of fused-ring (bicyclic) bond motifs is 1. The molecule has 1 heterocycles. The van der Waals surface area contributed by atoms with Crippen molar-refractivity contribution in [1.82, 2.24) is 0 Å². The first-order chi connectivity index (χ1) is 12.0. The van der Waals surface area contributed by atoms with E-state index >= 15 is 0 Å². The molecule has 0 fully saturated rings. The van der Waals surface area contributed by atoms with E-state index < -0.39 is 17.0 Å². The van der Waals surface area contributed by atoms with E-state index in [9.17, 15) is 14.4 Å². The Morgan fingerprint density at radius 1 is 0.840 bits per heavy atom. The largest absolute Gasteiger partial charge is 0.496 e. The van der Waals surface area contributed by atoms with Crippen LogP contribution in [0.25, 0.3) is 16.5 Å². The molecular formula is C18H14O7. The molecule has 1 aliphatic carbocycles. The Kier molecular flexibility index (Phi) is 4.14. The highest BCUT2D eigenvalue weighted by atomic mass is 16.5. The van der Waals surface area contributed by atoms with Crippen LogP contribution in [0.4, 0.5) is 0 Å². The number of carbonyl (C=O) groups excluding carboxylic acids is 2. The van der Waals surface area contributed by atoms with Crippen molar-refractivity contribution in [2.24, 2.45) is 0 Å². The number of hydrogen-bond acceptors (Lipinski definition) is 7. The van der Waals surface area contributed by atoms with Crippen LogP contribution in [0.1, 0.15) is 5.76 Å². The molecule has 1 aromatic carbocycles. The van der Waals surface area contributed by atoms with E-state index in [-0.39, 0.29) is 33.8 Å². The summed E-state index contributed by atoms with van der Waals surface area (Å²) in [5.41, 5.74) is -0.244. The van der Waals surface area contributed by atoms with Gasteiger partial charge in [-0.2, -0.15) is 0 Å². The maximum atomic E-state index is 12.5. The molecule has 0 bridgehead atoms. The first-order valence-corrected chi connectivity index (χ1v) is 7.24. The van der Waals surface area contributed by atoms with Crippen LogP contribution < -0.4 is 14.9 Å². The molecule has 1 aliphatic rings. The average Bonchev–Trinajstić information content (AvgIpc) is 2.61. The van der Waals surface area contributed by atoms with Gasteiger partial charge in [-0.3, -0.25) is 14.4 Å². The third-order valence-electron chi connectivity index (χ3n) is 3.75. The third-order valence-corrected chi connectivity index (χ3v) is 3.75. The summed E-state index contributed by atoms with van der Waals surface area (Å²) in [6, 6.07) is 4.22. The van der Waals surface area contributed by atoms with Crippen LogP contribution in [0.5, 0.6) is 11.5 Å². The van der Waals surface area contributed by atoms with Crippen molar-refractivity contribution in [3.63, 3.8) is 0 Å². The summed E-state index contributed by atoms with van der Waals surface area (Å²) in [5, 5.41) is 0.218. The molecule has 0 N–H and O–H groups in total. The molecule has 0 atom stereocenters. The molecule has 2 aromatic rings. The van der Waals surface area contributed by atoms with Gasteiger partial charge in [0, 0.05) is 30.4 Å². The molecule has 0 spiro atoms. The van der Waals surface area contributed by atoms with E-state index in [2.05, 4.69) is 0 Å². The molecule has 3 rings (SSSR count). The number of rotatable bonds is 4. The number of hydrogen-bond donors (Lipinski definition) is 0. The molecule has 0 amide bonds. The minimum atomic E-state index is -0.492. The number of benzene rings is 1. The molecule has 1 aromatic heterocycles. The minimum absolute atomic E-state index is 0.0161. The molecule has 0 saturated carbocycles. The maximum absolute atomic E-state index is 12.5. The summed E-state index contributed by atoms with van der Waals surface area (Å²) in [5.74, 6) is -0.350. The Labute approximate surface area is 142 Å². The van der Waals surface area contributed by atoms with Gasteiger partial charge < -0.3 is 18.6 Å². The zero-order valence-corrected chi connectivity index (χ0v) is 13.7. The van der Waals surface area contributed by atoms with Crippen LogP contribution in [0.15, 0.2) is 45.3 Å². The number of ether oxygens (including phenoxy) is 3. The van der Waals surface area contributed by atoms with Gasteiger partial charge in [0.2, 0.25) is 5.78 Å². The second-order valence-electron chi connectivity index (χ2n) is 5.18. The predicted molar refractivity (Wildman–Crippen MR) is 88.7 cm³/mol. The fourth-order valence-electron chi connectivity index (χ4n) is 2.53. The van der Waals surface area contributed by atoms with Gasteiger partial charge in [-0.15, -0.1) is 0 Å². The first-order valence-electron chi connectivity index (χ1n) is 7.24. The van der Waals surface area contributed by atoms with E-state index in [0.717, 1.165) is 18.2 Å². The highest BCUT2D eigenvalue weighted by molar-refractivity contribution is 6.34. The van der Waals surface area contributed by atoms with Crippen molar-refractivity contribution in [2.45, 2.75) is 0 Å². The van der Waals surface area contributed by atoms with Gasteiger partial charge in [-0.05, 0) is 0 Å². The van der Waals surface area contributed by atoms with Crippen molar-refractivity contribution < 1.29 is 28.2 Å². The van der Waals surface area contributed by atoms with Gasteiger partial charge in [-0.25, -0.2) is 0 Å². The predicted octanol–water partition coefficient (Wildman–Crippen LogP) is 1.88. The zero-order chi connectivity index (χ0) is 18.1. The molecule has 0 radical (unpaired) electrons. The third kappa shape index (κ3) is 2.80. The monoisotopic (exact) mass is 342 g/mol. The summed E-state index contributed by atoms with van der Waals surface area (Å²) in [6.45, 7) is 0. The maximum Gasteiger partial charge on any atom is 0.221 e. The summed E-state index contributed by atoms with van der Waals surface area (Å²) in [7, 11) is 4.18. The van der Waals surface area contributed by atoms with Gasteiger partial charge in [-0.1, -0.05) is 0 Å². The number of allylic oxidation sites excluding steroid dienone is 3. The van der Waals surface area contributed by atoms with Crippen molar-refractivity contribution >= 4 is 28.1 Å². The Morgan fingerprint density at radius 3 is 2.24 bits per heavy atom. The first kappa shape index (κ1) is 16.5. The van der Waals surface area contributed by atoms with Gasteiger partial charge in [0.25, 0.3) is 0 Å². The number of carbonyl (C=O) groups is 2. The SMILES string of the molecule is COC1=CC(=O)C(c2cc(=O)c3c(OC)cc(OC)cc3o2)=CC1=O. The molecule has 0 saturated heterocycles. The highest BCUT2D eigenvalue weighted by Crippen LogP contribution is 2.31. The fourth-order valence-corrected chi connectivity index (χ4v) is 2.53. The molecule has 7 nitrogen and oxygen atoms in total. The molecule has 25 heavy (non-hydrogen) atoms. The molecule has 7 heteroatoms. The van der Waals surface area contributed by atoms with Crippen LogP contribution in [-0.2, 0) is 14.3 Å². The van der Waals surface area contributed by atoms with E-state index in [4.69, 9.17) is 18.6 Å². The standard InChI is InChI=1S/C18H14O7/c1-22-9-4-16(24-3)18-13(21)8-14(25-17(18)5-9)10-6-12(20)15(23-2)7-11(10)19/h4-8H,1-3H3. The fraction of sp³-hybridized carbons (Fsp3) is 0.167. The summed E-state index contributed by atoms with van der Waals surface area (Å²) in [4.78, 5) is 36.6. The normalized spacial score (nSPS) is 14.2. The van der Waals surface area contributed by atoms with Crippen molar-refractivity contribution in [2.75, 3.05) is 21.3 Å². The quantitative estimate of drug-likeness (QED) is 0.783. The molecular weight excluding hydrogens is 328 g/mol. The highest BCUT2D eigenvalue weighted by Gasteiger charge is 2.25. The molecule has 128 valence electrons. The second-order valence-corrected chi connectivity index (χ2v) is 5.18. The summed E-state index contributed by atoms with van der Waals surface area (Å²) >= 11 is 0. The lowest BCUT2D eigenvalue weighted by molar-refractivity contribution is -0.116. The van der Waals surface area contributed by atoms with E-state index in [1.807, 2.05) is 0 Å².